The van der Waals surface area contributed by atoms with Gasteiger partial charge in [-0.2, -0.15) is 21.6 Å². The summed E-state index contributed by atoms with van der Waals surface area (Å²) in [5.41, 5.74) is -2.79. The Kier molecular flexibility index (Phi) is 3.88. The molecular formula is C14H7F3O5S2. The monoisotopic (exact) mass is 376 g/mol. The van der Waals surface area contributed by atoms with Gasteiger partial charge < -0.3 is 8.60 Å². The van der Waals surface area contributed by atoms with E-state index in [0.717, 1.165) is 29.5 Å². The Labute approximate surface area is 137 Å². The van der Waals surface area contributed by atoms with E-state index in [2.05, 4.69) is 0 Å². The molecule has 10 heteroatoms. The Morgan fingerprint density at radius 2 is 1.88 bits per heavy atom. The molecule has 0 aliphatic rings. The van der Waals surface area contributed by atoms with Crippen LogP contribution in [0.1, 0.15) is 5.56 Å². The maximum absolute atomic E-state index is 12.9. The SMILES string of the molecule is O=c1cc(C(F)(F)F)c2ccc(OS(=O)(=O)c3cccs3)cc2o1. The molecule has 5 nitrogen and oxygen atoms in total. The molecule has 0 spiro atoms. The molecule has 0 atom stereocenters. The van der Waals surface area contributed by atoms with Crippen molar-refractivity contribution in [1.82, 2.24) is 0 Å². The first-order chi connectivity index (χ1) is 11.2. The standard InChI is InChI=1S/C14H7F3O5S2/c15-14(16,17)10-7-12(18)21-11-6-8(3-4-9(10)11)22-24(19,20)13-2-1-5-23-13/h1-7H. The van der Waals surface area contributed by atoms with Crippen LogP contribution in [0.15, 0.2) is 55.2 Å². The van der Waals surface area contributed by atoms with Crippen LogP contribution in [0, 0.1) is 0 Å². The molecule has 3 rings (SSSR count). The molecule has 0 N–H and O–H groups in total. The quantitative estimate of drug-likeness (QED) is 0.515. The first kappa shape index (κ1) is 16.5. The smallest absolute Gasteiger partial charge is 0.417 e. The molecule has 0 saturated carbocycles. The maximum Gasteiger partial charge on any atom is 0.417 e. The van der Waals surface area contributed by atoms with Crippen LogP contribution in [0.3, 0.4) is 0 Å². The second-order valence-electron chi connectivity index (χ2n) is 4.60. The highest BCUT2D eigenvalue weighted by atomic mass is 32.3. The molecular weight excluding hydrogens is 369 g/mol. The molecule has 3 aromatic rings. The van der Waals surface area contributed by atoms with E-state index < -0.39 is 33.1 Å². The highest BCUT2D eigenvalue weighted by molar-refractivity contribution is 7.89. The minimum atomic E-state index is -4.75. The van der Waals surface area contributed by atoms with Gasteiger partial charge in [-0.15, -0.1) is 11.3 Å². The van der Waals surface area contributed by atoms with E-state index in [1.54, 1.807) is 0 Å². The third-order valence-electron chi connectivity index (χ3n) is 2.97. The van der Waals surface area contributed by atoms with Crippen molar-refractivity contribution in [2.45, 2.75) is 10.4 Å². The zero-order valence-electron chi connectivity index (χ0n) is 11.5. The van der Waals surface area contributed by atoms with Gasteiger partial charge >= 0.3 is 21.9 Å². The van der Waals surface area contributed by atoms with Crippen molar-refractivity contribution < 1.29 is 30.2 Å². The van der Waals surface area contributed by atoms with Gasteiger partial charge in [0.15, 0.2) is 4.21 Å². The highest BCUT2D eigenvalue weighted by Gasteiger charge is 2.34. The fourth-order valence-electron chi connectivity index (χ4n) is 2.00. The molecule has 0 unspecified atom stereocenters. The third-order valence-corrected chi connectivity index (χ3v) is 5.57. The van der Waals surface area contributed by atoms with Gasteiger partial charge in [0.2, 0.25) is 0 Å². The van der Waals surface area contributed by atoms with Crippen LogP contribution in [-0.2, 0) is 16.3 Å². The lowest BCUT2D eigenvalue weighted by atomic mass is 10.1. The molecule has 0 amide bonds. The number of hydrogen-bond acceptors (Lipinski definition) is 6. The minimum Gasteiger partial charge on any atom is -0.423 e. The van der Waals surface area contributed by atoms with Crippen molar-refractivity contribution in [2.75, 3.05) is 0 Å². The lowest BCUT2D eigenvalue weighted by Gasteiger charge is -2.10. The second-order valence-corrected chi connectivity index (χ2v) is 7.33. The van der Waals surface area contributed by atoms with Crippen LogP contribution in [0.5, 0.6) is 5.75 Å². The van der Waals surface area contributed by atoms with Gasteiger partial charge in [0.05, 0.1) is 5.56 Å². The molecule has 0 saturated heterocycles. The van der Waals surface area contributed by atoms with E-state index in [4.69, 9.17) is 8.60 Å². The molecule has 126 valence electrons. The molecule has 0 fully saturated rings. The Morgan fingerprint density at radius 1 is 1.12 bits per heavy atom. The molecule has 24 heavy (non-hydrogen) atoms. The van der Waals surface area contributed by atoms with E-state index in [0.29, 0.717) is 6.07 Å². The van der Waals surface area contributed by atoms with Crippen LogP contribution in [0.25, 0.3) is 11.0 Å². The van der Waals surface area contributed by atoms with Crippen molar-refractivity contribution in [3.8, 4) is 5.75 Å². The number of rotatable bonds is 3. The van der Waals surface area contributed by atoms with Crippen LogP contribution in [0.4, 0.5) is 13.2 Å². The first-order valence-corrected chi connectivity index (χ1v) is 8.59. The van der Waals surface area contributed by atoms with Gasteiger partial charge in [-0.3, -0.25) is 0 Å². The van der Waals surface area contributed by atoms with Gasteiger partial charge in [-0.1, -0.05) is 6.07 Å². The van der Waals surface area contributed by atoms with Crippen LogP contribution >= 0.6 is 11.3 Å². The van der Waals surface area contributed by atoms with Crippen molar-refractivity contribution in [2.24, 2.45) is 0 Å². The van der Waals surface area contributed by atoms with Crippen molar-refractivity contribution in [1.29, 1.82) is 0 Å². The Balaban J connectivity index is 2.09. The molecule has 1 aromatic carbocycles. The van der Waals surface area contributed by atoms with E-state index in [1.165, 1.54) is 17.5 Å². The normalized spacial score (nSPS) is 12.5. The van der Waals surface area contributed by atoms with Gasteiger partial charge in [0, 0.05) is 17.5 Å². The summed E-state index contributed by atoms with van der Waals surface area (Å²) in [6.45, 7) is 0. The summed E-state index contributed by atoms with van der Waals surface area (Å²) in [7, 11) is -4.11. The zero-order chi connectivity index (χ0) is 17.5. The number of benzene rings is 1. The number of hydrogen-bond donors (Lipinski definition) is 0. The van der Waals surface area contributed by atoms with E-state index in [-0.39, 0.29) is 15.3 Å². The van der Waals surface area contributed by atoms with Crippen LogP contribution in [-0.4, -0.2) is 8.42 Å². The van der Waals surface area contributed by atoms with E-state index >= 15 is 0 Å². The number of alkyl halides is 3. The number of fused-ring (bicyclic) bond motifs is 1. The summed E-state index contributed by atoms with van der Waals surface area (Å²) >= 11 is 0.926. The first-order valence-electron chi connectivity index (χ1n) is 6.30. The minimum absolute atomic E-state index is 0.0620. The van der Waals surface area contributed by atoms with Crippen LogP contribution in [0.2, 0.25) is 0 Å². The molecule has 2 heterocycles. The highest BCUT2D eigenvalue weighted by Crippen LogP contribution is 2.35. The average molecular weight is 376 g/mol. The summed E-state index contributed by atoms with van der Waals surface area (Å²) in [5, 5.41) is 1.16. The predicted octanol–water partition coefficient (Wildman–Crippen LogP) is 3.64. The molecule has 0 aliphatic heterocycles. The zero-order valence-corrected chi connectivity index (χ0v) is 13.2. The summed E-state index contributed by atoms with van der Waals surface area (Å²) in [4.78, 5) is 11.3. The fourth-order valence-corrected chi connectivity index (χ4v) is 3.88. The Morgan fingerprint density at radius 3 is 2.50 bits per heavy atom. The molecule has 0 bridgehead atoms. The van der Waals surface area contributed by atoms with Crippen molar-refractivity contribution in [3.05, 3.63) is 57.8 Å². The third kappa shape index (κ3) is 3.15. The number of thiophene rings is 1. The Hall–Kier alpha value is -2.33. The van der Waals surface area contributed by atoms with Crippen LogP contribution < -0.4 is 9.81 Å². The van der Waals surface area contributed by atoms with Gasteiger partial charge in [-0.05, 0) is 23.6 Å². The van der Waals surface area contributed by atoms with E-state index in [1.807, 2.05) is 0 Å². The van der Waals surface area contributed by atoms with E-state index in [9.17, 15) is 26.4 Å². The summed E-state index contributed by atoms with van der Waals surface area (Å²) < 4.78 is 72.4. The fraction of sp³-hybridized carbons (Fsp3) is 0.0714. The summed E-state index contributed by atoms with van der Waals surface area (Å²) in [5.74, 6) is -0.265. The predicted molar refractivity (Wildman–Crippen MR) is 79.6 cm³/mol. The average Bonchev–Trinajstić information content (AvgIpc) is 2.99. The second kappa shape index (κ2) is 5.64. The van der Waals surface area contributed by atoms with Crippen molar-refractivity contribution in [3.63, 3.8) is 0 Å². The number of halogens is 3. The summed E-state index contributed by atoms with van der Waals surface area (Å²) in [6, 6.07) is 6.14. The van der Waals surface area contributed by atoms with Gasteiger partial charge in [-0.25, -0.2) is 4.79 Å². The topological polar surface area (TPSA) is 73.6 Å². The maximum atomic E-state index is 12.9. The van der Waals surface area contributed by atoms with Crippen molar-refractivity contribution >= 4 is 32.4 Å². The molecule has 2 aromatic heterocycles. The summed E-state index contributed by atoms with van der Waals surface area (Å²) in [6.07, 6.45) is -4.75. The van der Waals surface area contributed by atoms with Gasteiger partial charge in [0.1, 0.15) is 11.3 Å². The largest absolute Gasteiger partial charge is 0.423 e. The lowest BCUT2D eigenvalue weighted by molar-refractivity contribution is -0.136. The lowest BCUT2D eigenvalue weighted by Crippen LogP contribution is -2.11. The molecule has 0 aliphatic carbocycles. The molecule has 0 radical (unpaired) electrons. The Bertz CT molecular complexity index is 1050. The van der Waals surface area contributed by atoms with Gasteiger partial charge in [0.25, 0.3) is 0 Å².